The van der Waals surface area contributed by atoms with Gasteiger partial charge in [0.1, 0.15) is 46.4 Å². The van der Waals surface area contributed by atoms with Crippen LogP contribution in [0.1, 0.15) is 62.5 Å². The number of rotatable bonds is 10. The average molecular weight is 864 g/mol. The van der Waals surface area contributed by atoms with Gasteiger partial charge in [-0.3, -0.25) is 19.2 Å². The molecule has 0 atom stereocenters. The molecule has 3 N–H and O–H groups in total. The van der Waals surface area contributed by atoms with Gasteiger partial charge in [-0.15, -0.1) is 0 Å². The second kappa shape index (κ2) is 18.5. The summed E-state index contributed by atoms with van der Waals surface area (Å²) in [5.41, 5.74) is 4.45. The standard InChI is InChI=1S/C22H20F3N3O3.C22H19F3N2O4/c23-13-7-18(24)17(19(25)8-13)10-28-11-27-22(30)16-9-15(5-6-20(16)28)31-14-3-1-12(2-4-14)21(26)29;23-13-7-18(24)17(19(25)8-13)10-27-11-26-21(28)16-9-15(5-6-20(16)27)31-14-3-1-12(2-4-14)22(29)30/h5-9,11-12,14H,1-4,10H2,(H2,26,29);5-9,11-12,14H,1-4,10H2,(H,29,30). The zero-order valence-electron chi connectivity index (χ0n) is 32.8. The van der Waals surface area contributed by atoms with Crippen molar-refractivity contribution in [1.29, 1.82) is 0 Å². The number of carboxylic acids is 1. The van der Waals surface area contributed by atoms with Crippen molar-refractivity contribution >= 4 is 33.7 Å². The second-order valence-electron chi connectivity index (χ2n) is 15.3. The number of benzene rings is 4. The number of amides is 1. The molecule has 324 valence electrons. The van der Waals surface area contributed by atoms with Gasteiger partial charge in [0, 0.05) is 41.3 Å². The molecule has 2 aromatic heterocycles. The fourth-order valence-electron chi connectivity index (χ4n) is 7.84. The number of halogens is 6. The van der Waals surface area contributed by atoms with Gasteiger partial charge in [-0.1, -0.05) is 0 Å². The number of nitrogens with two attached hydrogens (primary N) is 1. The first-order valence-corrected chi connectivity index (χ1v) is 19.7. The van der Waals surface area contributed by atoms with Crippen molar-refractivity contribution in [3.8, 4) is 11.5 Å². The highest BCUT2D eigenvalue weighted by atomic mass is 19.2. The van der Waals surface area contributed by atoms with E-state index in [1.165, 1.54) is 27.9 Å². The van der Waals surface area contributed by atoms with E-state index in [1.54, 1.807) is 30.3 Å². The maximum atomic E-state index is 14.1. The fraction of sp³-hybridized carbons (Fsp3) is 0.318. The number of aromatic nitrogens is 4. The molecule has 0 saturated heterocycles. The van der Waals surface area contributed by atoms with Crippen molar-refractivity contribution in [3.63, 3.8) is 0 Å². The van der Waals surface area contributed by atoms with Crippen molar-refractivity contribution in [2.24, 2.45) is 17.6 Å². The normalized spacial score (nSPS) is 18.8. The minimum atomic E-state index is -1.03. The third-order valence-electron chi connectivity index (χ3n) is 11.2. The lowest BCUT2D eigenvalue weighted by atomic mass is 9.87. The van der Waals surface area contributed by atoms with Crippen LogP contribution in [0.15, 0.2) is 82.9 Å². The molecule has 2 aliphatic rings. The summed E-state index contributed by atoms with van der Waals surface area (Å²) in [5, 5.41) is 9.53. The molecule has 2 saturated carbocycles. The average Bonchev–Trinajstić information content (AvgIpc) is 3.23. The molecular weight excluding hydrogens is 824 g/mol. The van der Waals surface area contributed by atoms with Crippen molar-refractivity contribution in [2.45, 2.75) is 76.7 Å². The van der Waals surface area contributed by atoms with E-state index in [2.05, 4.69) is 9.97 Å². The van der Waals surface area contributed by atoms with Gasteiger partial charge in [-0.25, -0.2) is 26.3 Å². The van der Waals surface area contributed by atoms with E-state index in [1.807, 2.05) is 0 Å². The van der Waals surface area contributed by atoms with Crippen molar-refractivity contribution < 1.29 is 50.5 Å². The van der Waals surface area contributed by atoms with Gasteiger partial charge in [-0.05, 0) is 87.8 Å². The van der Waals surface area contributed by atoms with Crippen molar-refractivity contribution in [2.75, 3.05) is 0 Å². The predicted octanol–water partition coefficient (Wildman–Crippen LogP) is 7.17. The summed E-state index contributed by atoms with van der Waals surface area (Å²) in [5.74, 6) is -6.81. The van der Waals surface area contributed by atoms with Crippen molar-refractivity contribution in [1.82, 2.24) is 19.1 Å². The zero-order chi connectivity index (χ0) is 44.2. The molecule has 0 bridgehead atoms. The number of nitrogens with zero attached hydrogens (tertiary/aromatic N) is 4. The maximum absolute atomic E-state index is 14.1. The topological polar surface area (TPSA) is 169 Å². The number of carboxylic acid groups (broad SMARTS) is 1. The van der Waals surface area contributed by atoms with Gasteiger partial charge in [0.05, 0.1) is 65.7 Å². The lowest BCUT2D eigenvalue weighted by molar-refractivity contribution is -0.143. The first kappa shape index (κ1) is 43.4. The predicted molar refractivity (Wildman–Crippen MR) is 212 cm³/mol. The molecular formula is C44H39F6N5O7. The number of carbonyl (C=O) groups excluding carboxylic acids is 1. The minimum absolute atomic E-state index is 0.102. The Bertz CT molecular complexity index is 2550. The van der Waals surface area contributed by atoms with Crippen LogP contribution in [-0.2, 0) is 22.7 Å². The number of carbonyl (C=O) groups is 2. The molecule has 2 aliphatic carbocycles. The fourth-order valence-corrected chi connectivity index (χ4v) is 7.84. The Morgan fingerprint density at radius 1 is 0.597 bits per heavy atom. The zero-order valence-corrected chi connectivity index (χ0v) is 32.8. The van der Waals surface area contributed by atoms with Crippen LogP contribution in [0.4, 0.5) is 26.3 Å². The second-order valence-corrected chi connectivity index (χ2v) is 15.3. The maximum Gasteiger partial charge on any atom is 0.306 e. The van der Waals surface area contributed by atoms with Crippen LogP contribution in [-0.4, -0.2) is 48.3 Å². The molecule has 62 heavy (non-hydrogen) atoms. The summed E-state index contributed by atoms with van der Waals surface area (Å²) in [4.78, 5) is 54.5. The summed E-state index contributed by atoms with van der Waals surface area (Å²) in [6, 6.07) is 12.0. The Balaban J connectivity index is 0.000000186. The number of fused-ring (bicyclic) bond motifs is 2. The van der Waals surface area contributed by atoms with E-state index in [-0.39, 0.29) is 64.9 Å². The molecule has 12 nitrogen and oxygen atoms in total. The molecule has 6 aromatic rings. The number of ether oxygens (including phenoxy) is 2. The van der Waals surface area contributed by atoms with E-state index >= 15 is 0 Å². The third-order valence-corrected chi connectivity index (χ3v) is 11.2. The molecule has 18 heteroatoms. The van der Waals surface area contributed by atoms with Crippen LogP contribution in [0.5, 0.6) is 11.5 Å². The molecule has 0 unspecified atom stereocenters. The Morgan fingerprint density at radius 3 is 1.32 bits per heavy atom. The molecule has 2 fully saturated rings. The molecule has 0 aliphatic heterocycles. The van der Waals surface area contributed by atoms with E-state index in [9.17, 15) is 45.5 Å². The van der Waals surface area contributed by atoms with E-state index in [0.29, 0.717) is 98.2 Å². The van der Waals surface area contributed by atoms with Crippen LogP contribution < -0.4 is 26.3 Å². The van der Waals surface area contributed by atoms with E-state index < -0.39 is 52.0 Å². The summed E-state index contributed by atoms with van der Waals surface area (Å²) in [7, 11) is 0. The number of primary amides is 1. The first-order valence-electron chi connectivity index (χ1n) is 19.7. The van der Waals surface area contributed by atoms with Crippen LogP contribution in [0, 0.1) is 46.7 Å². The highest BCUT2D eigenvalue weighted by molar-refractivity contribution is 5.80. The van der Waals surface area contributed by atoms with Gasteiger partial charge >= 0.3 is 5.97 Å². The Hall–Kier alpha value is -6.72. The van der Waals surface area contributed by atoms with Crippen LogP contribution in [0.2, 0.25) is 0 Å². The molecule has 1 amide bonds. The minimum Gasteiger partial charge on any atom is -0.490 e. The lowest BCUT2D eigenvalue weighted by Crippen LogP contribution is -2.31. The van der Waals surface area contributed by atoms with E-state index in [4.69, 9.17) is 20.3 Å². The summed E-state index contributed by atoms with van der Waals surface area (Å²) < 4.78 is 97.2. The summed E-state index contributed by atoms with van der Waals surface area (Å²) in [6.07, 6.45) is 6.99. The molecule has 0 radical (unpaired) electrons. The third kappa shape index (κ3) is 9.90. The number of hydrogen-bond donors (Lipinski definition) is 2. The lowest BCUT2D eigenvalue weighted by Gasteiger charge is -2.27. The van der Waals surface area contributed by atoms with Gasteiger partial charge in [0.2, 0.25) is 5.91 Å². The Kier molecular flexibility index (Phi) is 12.9. The monoisotopic (exact) mass is 863 g/mol. The molecule has 0 spiro atoms. The van der Waals surface area contributed by atoms with Gasteiger partial charge in [0.25, 0.3) is 11.1 Å². The largest absolute Gasteiger partial charge is 0.490 e. The number of aliphatic carboxylic acids is 1. The quantitative estimate of drug-likeness (QED) is 0.136. The first-order chi connectivity index (χ1) is 29.6. The number of hydrogen-bond acceptors (Lipinski definition) is 8. The van der Waals surface area contributed by atoms with Crippen LogP contribution in [0.25, 0.3) is 21.8 Å². The van der Waals surface area contributed by atoms with E-state index in [0.717, 1.165) is 0 Å². The summed E-state index contributed by atoms with van der Waals surface area (Å²) >= 11 is 0. The smallest absolute Gasteiger partial charge is 0.306 e. The molecule has 8 rings (SSSR count). The van der Waals surface area contributed by atoms with Crippen LogP contribution in [0.3, 0.4) is 0 Å². The highest BCUT2D eigenvalue weighted by Gasteiger charge is 2.28. The highest BCUT2D eigenvalue weighted by Crippen LogP contribution is 2.31. The molecule has 2 heterocycles. The Morgan fingerprint density at radius 2 is 0.968 bits per heavy atom. The van der Waals surface area contributed by atoms with Gasteiger partial charge < -0.3 is 29.4 Å². The van der Waals surface area contributed by atoms with Crippen molar-refractivity contribution in [3.05, 3.63) is 140 Å². The SMILES string of the molecule is NC(=O)C1CCC(Oc2ccc3c(c2)c(=O)ncn3Cc2c(F)cc(F)cc2F)CC1.O=C(O)C1CCC(Oc2ccc3c(c2)c(=O)ncn3Cc2c(F)cc(F)cc2F)CC1. The van der Waals surface area contributed by atoms with Gasteiger partial charge in [0.15, 0.2) is 0 Å². The Labute approximate surface area is 348 Å². The molecule has 4 aromatic carbocycles. The van der Waals surface area contributed by atoms with Crippen LogP contribution >= 0.6 is 0 Å². The summed E-state index contributed by atoms with van der Waals surface area (Å²) in [6.45, 7) is -0.541. The van der Waals surface area contributed by atoms with Gasteiger partial charge in [-0.2, -0.15) is 9.97 Å².